The number of hydrogen-bond acceptors (Lipinski definition) is 3. The maximum Gasteiger partial charge on any atom is 0.271 e. The molecule has 4 nitrogen and oxygen atoms in total. The Balaban J connectivity index is 2.36. The minimum absolute atomic E-state index is 0.218. The van der Waals surface area contributed by atoms with E-state index in [0.29, 0.717) is 17.3 Å². The summed E-state index contributed by atoms with van der Waals surface area (Å²) in [5.41, 5.74) is 7.43. The number of aromatic nitrogens is 1. The third-order valence-corrected chi connectivity index (χ3v) is 2.39. The molecule has 0 bridgehead atoms. The zero-order chi connectivity index (χ0) is 10.1. The number of pyridine rings is 1. The number of hydrogen-bond donors (Lipinski definition) is 2. The Hall–Kier alpha value is -1.58. The summed E-state index contributed by atoms with van der Waals surface area (Å²) in [5, 5.41) is 2.53. The van der Waals surface area contributed by atoms with Crippen LogP contribution in [0.4, 0.5) is 5.69 Å². The molecule has 1 amide bonds. The van der Waals surface area contributed by atoms with E-state index in [-0.39, 0.29) is 5.91 Å². The summed E-state index contributed by atoms with van der Waals surface area (Å²) in [6, 6.07) is 3.66. The van der Waals surface area contributed by atoms with Gasteiger partial charge < -0.3 is 11.1 Å². The smallest absolute Gasteiger partial charge is 0.271 e. The number of nitrogens with two attached hydrogens (primary N) is 1. The highest BCUT2D eigenvalue weighted by Crippen LogP contribution is 2.39. The van der Waals surface area contributed by atoms with Gasteiger partial charge in [-0.05, 0) is 25.0 Å². The molecule has 1 aliphatic carbocycles. The first kappa shape index (κ1) is 8.99. The number of nitrogens with zero attached hydrogens (tertiary/aromatic N) is 1. The highest BCUT2D eigenvalue weighted by Gasteiger charge is 2.26. The molecule has 1 heterocycles. The molecule has 2 rings (SSSR count). The van der Waals surface area contributed by atoms with Gasteiger partial charge >= 0.3 is 0 Å². The molecule has 1 saturated carbocycles. The summed E-state index contributed by atoms with van der Waals surface area (Å²) in [5.74, 6) is 0.323. The Morgan fingerprint density at radius 3 is 2.86 bits per heavy atom. The molecule has 0 aliphatic heterocycles. The quantitative estimate of drug-likeness (QED) is 0.729. The van der Waals surface area contributed by atoms with Gasteiger partial charge in [0.2, 0.25) is 0 Å². The number of amides is 1. The first-order valence-electron chi connectivity index (χ1n) is 4.71. The number of nitrogen functional groups attached to an aromatic ring is 1. The van der Waals surface area contributed by atoms with E-state index in [4.69, 9.17) is 5.73 Å². The average Bonchev–Trinajstić information content (AvgIpc) is 3.01. The van der Waals surface area contributed by atoms with Gasteiger partial charge in [-0.3, -0.25) is 4.79 Å². The van der Waals surface area contributed by atoms with Crippen molar-refractivity contribution in [2.75, 3.05) is 12.8 Å². The van der Waals surface area contributed by atoms with Crippen molar-refractivity contribution in [2.45, 2.75) is 18.8 Å². The van der Waals surface area contributed by atoms with E-state index in [1.165, 1.54) is 12.8 Å². The summed E-state index contributed by atoms with van der Waals surface area (Å²) < 4.78 is 0. The molecule has 0 saturated heterocycles. The Kier molecular flexibility index (Phi) is 2.11. The predicted octanol–water partition coefficient (Wildman–Crippen LogP) is 0.901. The lowest BCUT2D eigenvalue weighted by Crippen LogP contribution is -2.21. The molecule has 1 aliphatic rings. The molecular weight excluding hydrogens is 178 g/mol. The third-order valence-electron chi connectivity index (χ3n) is 2.39. The topological polar surface area (TPSA) is 68.0 Å². The van der Waals surface area contributed by atoms with Crippen LogP contribution in [-0.2, 0) is 0 Å². The van der Waals surface area contributed by atoms with Crippen molar-refractivity contribution in [3.63, 3.8) is 0 Å². The molecular formula is C10H13N3O. The zero-order valence-electron chi connectivity index (χ0n) is 8.08. The van der Waals surface area contributed by atoms with E-state index in [1.54, 1.807) is 13.1 Å². The van der Waals surface area contributed by atoms with E-state index < -0.39 is 0 Å². The van der Waals surface area contributed by atoms with E-state index >= 15 is 0 Å². The molecule has 14 heavy (non-hydrogen) atoms. The lowest BCUT2D eigenvalue weighted by atomic mass is 10.2. The third kappa shape index (κ3) is 1.55. The Labute approximate surface area is 82.5 Å². The fraction of sp³-hybridized carbons (Fsp3) is 0.400. The van der Waals surface area contributed by atoms with Crippen molar-refractivity contribution >= 4 is 11.6 Å². The average molecular weight is 191 g/mol. The zero-order valence-corrected chi connectivity index (χ0v) is 8.08. The summed E-state index contributed by atoms with van der Waals surface area (Å²) in [7, 11) is 1.58. The van der Waals surface area contributed by atoms with Gasteiger partial charge in [0.15, 0.2) is 5.69 Å². The van der Waals surface area contributed by atoms with Gasteiger partial charge in [-0.1, -0.05) is 0 Å². The second-order valence-corrected chi connectivity index (χ2v) is 3.53. The molecule has 0 aromatic carbocycles. The number of anilines is 1. The number of carbonyl (C=O) groups is 1. The highest BCUT2D eigenvalue weighted by atomic mass is 16.1. The fourth-order valence-electron chi connectivity index (χ4n) is 1.39. The summed E-state index contributed by atoms with van der Waals surface area (Å²) in [6.07, 6.45) is 2.34. The van der Waals surface area contributed by atoms with Gasteiger partial charge in [-0.15, -0.1) is 0 Å². The predicted molar refractivity (Wildman–Crippen MR) is 54.0 cm³/mol. The maximum absolute atomic E-state index is 11.4. The first-order chi connectivity index (χ1) is 6.72. The Morgan fingerprint density at radius 1 is 1.57 bits per heavy atom. The van der Waals surface area contributed by atoms with Crippen LogP contribution in [0.15, 0.2) is 12.1 Å². The minimum Gasteiger partial charge on any atom is -0.397 e. The van der Waals surface area contributed by atoms with Crippen LogP contribution < -0.4 is 11.1 Å². The summed E-state index contributed by atoms with van der Waals surface area (Å²) in [6.45, 7) is 0. The van der Waals surface area contributed by atoms with Crippen molar-refractivity contribution in [2.24, 2.45) is 0 Å². The van der Waals surface area contributed by atoms with E-state index in [1.807, 2.05) is 6.07 Å². The van der Waals surface area contributed by atoms with E-state index in [2.05, 4.69) is 10.3 Å². The van der Waals surface area contributed by atoms with Crippen molar-refractivity contribution in [1.82, 2.24) is 10.3 Å². The molecule has 0 spiro atoms. The molecule has 1 fully saturated rings. The molecule has 1 aromatic heterocycles. The normalized spacial score (nSPS) is 15.2. The molecule has 74 valence electrons. The number of carbonyl (C=O) groups excluding carboxylic acids is 1. The maximum atomic E-state index is 11.4. The van der Waals surface area contributed by atoms with Crippen molar-refractivity contribution in [3.8, 4) is 0 Å². The summed E-state index contributed by atoms with van der Waals surface area (Å²) in [4.78, 5) is 15.6. The van der Waals surface area contributed by atoms with Gasteiger partial charge in [-0.2, -0.15) is 0 Å². The van der Waals surface area contributed by atoms with Gasteiger partial charge in [0, 0.05) is 18.7 Å². The van der Waals surface area contributed by atoms with Crippen LogP contribution in [-0.4, -0.2) is 17.9 Å². The van der Waals surface area contributed by atoms with Gasteiger partial charge in [0.05, 0.1) is 5.69 Å². The second kappa shape index (κ2) is 3.29. The molecule has 1 aromatic rings. The van der Waals surface area contributed by atoms with Crippen LogP contribution in [0.1, 0.15) is 34.9 Å². The van der Waals surface area contributed by atoms with Crippen LogP contribution >= 0.6 is 0 Å². The minimum atomic E-state index is -0.218. The Bertz CT molecular complexity index is 372. The molecule has 4 heteroatoms. The molecule has 0 radical (unpaired) electrons. The van der Waals surface area contributed by atoms with Gasteiger partial charge in [0.1, 0.15) is 0 Å². The monoisotopic (exact) mass is 191 g/mol. The SMILES string of the molecule is CNC(=O)c1nc(C2CC2)ccc1N. The van der Waals surface area contributed by atoms with Gasteiger partial charge in [-0.25, -0.2) is 4.98 Å². The Morgan fingerprint density at radius 2 is 2.29 bits per heavy atom. The van der Waals surface area contributed by atoms with Gasteiger partial charge in [0.25, 0.3) is 5.91 Å². The summed E-state index contributed by atoms with van der Waals surface area (Å²) >= 11 is 0. The highest BCUT2D eigenvalue weighted by molar-refractivity contribution is 5.96. The van der Waals surface area contributed by atoms with Crippen molar-refractivity contribution < 1.29 is 4.79 Å². The molecule has 0 atom stereocenters. The first-order valence-corrected chi connectivity index (χ1v) is 4.71. The second-order valence-electron chi connectivity index (χ2n) is 3.53. The van der Waals surface area contributed by atoms with E-state index in [9.17, 15) is 4.79 Å². The fourth-order valence-corrected chi connectivity index (χ4v) is 1.39. The van der Waals surface area contributed by atoms with E-state index in [0.717, 1.165) is 5.69 Å². The standard InChI is InChI=1S/C10H13N3O/c1-12-10(14)9-7(11)4-5-8(13-9)6-2-3-6/h4-6H,2-3,11H2,1H3,(H,12,14). The van der Waals surface area contributed by atoms with Crippen LogP contribution in [0.5, 0.6) is 0 Å². The number of nitrogens with one attached hydrogen (secondary N) is 1. The van der Waals surface area contributed by atoms with Crippen molar-refractivity contribution in [3.05, 3.63) is 23.5 Å². The van der Waals surface area contributed by atoms with Crippen LogP contribution in [0.3, 0.4) is 0 Å². The number of rotatable bonds is 2. The van der Waals surface area contributed by atoms with Crippen molar-refractivity contribution in [1.29, 1.82) is 0 Å². The molecule has 3 N–H and O–H groups in total. The van der Waals surface area contributed by atoms with Crippen LogP contribution in [0, 0.1) is 0 Å². The lowest BCUT2D eigenvalue weighted by molar-refractivity contribution is 0.0959. The van der Waals surface area contributed by atoms with Crippen LogP contribution in [0.25, 0.3) is 0 Å². The van der Waals surface area contributed by atoms with Crippen LogP contribution in [0.2, 0.25) is 0 Å². The largest absolute Gasteiger partial charge is 0.397 e. The lowest BCUT2D eigenvalue weighted by Gasteiger charge is -2.05. The molecule has 0 unspecified atom stereocenters.